The summed E-state index contributed by atoms with van der Waals surface area (Å²) in [6.07, 6.45) is 5.44. The minimum absolute atomic E-state index is 0.0689. The zero-order chi connectivity index (χ0) is 36.7. The van der Waals surface area contributed by atoms with Gasteiger partial charge in [-0.25, -0.2) is 9.97 Å². The molecule has 3 aromatic carbocycles. The Hall–Kier alpha value is -5.65. The van der Waals surface area contributed by atoms with Crippen molar-refractivity contribution in [3.8, 4) is 39.6 Å². The van der Waals surface area contributed by atoms with Crippen LogP contribution in [-0.4, -0.2) is 77.1 Å². The van der Waals surface area contributed by atoms with Crippen molar-refractivity contribution in [2.45, 2.75) is 44.1 Å². The molecule has 0 atom stereocenters. The van der Waals surface area contributed by atoms with Gasteiger partial charge in [-0.2, -0.15) is 13.2 Å². The number of carbonyl (C=O) groups is 2. The Morgan fingerprint density at radius 1 is 0.808 bits per heavy atom. The van der Waals surface area contributed by atoms with Crippen LogP contribution in [0.3, 0.4) is 0 Å². The monoisotopic (exact) mass is 712 g/mol. The van der Waals surface area contributed by atoms with E-state index in [-0.39, 0.29) is 29.6 Å². The Morgan fingerprint density at radius 2 is 1.46 bits per heavy atom. The number of amides is 2. The van der Waals surface area contributed by atoms with Gasteiger partial charge in [-0.15, -0.1) is 0 Å². The number of aromatic nitrogens is 2. The van der Waals surface area contributed by atoms with Crippen molar-refractivity contribution in [1.29, 1.82) is 0 Å². The predicted octanol–water partition coefficient (Wildman–Crippen LogP) is 7.48. The fourth-order valence-electron chi connectivity index (χ4n) is 6.54. The first kappa shape index (κ1) is 36.2. The molecule has 2 fully saturated rings. The summed E-state index contributed by atoms with van der Waals surface area (Å²) >= 11 is 0. The average molecular weight is 713 g/mol. The van der Waals surface area contributed by atoms with Crippen LogP contribution in [0.5, 0.6) is 17.4 Å². The fraction of sp³-hybridized carbons (Fsp3) is 0.300. The number of benzene rings is 3. The van der Waals surface area contributed by atoms with Gasteiger partial charge in [0.15, 0.2) is 0 Å². The average Bonchev–Trinajstić information content (AvgIpc) is 3.17. The van der Waals surface area contributed by atoms with E-state index in [2.05, 4.69) is 16.5 Å². The molecule has 0 unspecified atom stereocenters. The first-order valence-corrected chi connectivity index (χ1v) is 17.1. The molecule has 2 aliphatic rings. The van der Waals surface area contributed by atoms with Crippen LogP contribution >= 0.6 is 0 Å². The van der Waals surface area contributed by atoms with Crippen LogP contribution in [0, 0.1) is 0 Å². The smallest absolute Gasteiger partial charge is 0.417 e. The van der Waals surface area contributed by atoms with Crippen LogP contribution < -0.4 is 14.2 Å². The maximum atomic E-state index is 13.6. The summed E-state index contributed by atoms with van der Waals surface area (Å²) in [7, 11) is 1.53. The lowest BCUT2D eigenvalue weighted by Gasteiger charge is -2.31. The number of halogens is 3. The van der Waals surface area contributed by atoms with Crippen molar-refractivity contribution < 1.29 is 37.0 Å². The number of nitrogens with zero attached hydrogens (tertiary/aromatic N) is 4. The normalized spacial score (nSPS) is 15.8. The molecular formula is C40H39F3N4O5. The summed E-state index contributed by atoms with van der Waals surface area (Å²) in [5.41, 5.74) is 1.92. The van der Waals surface area contributed by atoms with Gasteiger partial charge < -0.3 is 24.0 Å². The van der Waals surface area contributed by atoms with Crippen LogP contribution in [0.15, 0.2) is 98.0 Å². The van der Waals surface area contributed by atoms with E-state index in [9.17, 15) is 22.8 Å². The molecule has 6 rings (SSSR count). The highest BCUT2D eigenvalue weighted by atomic mass is 19.4. The first-order chi connectivity index (χ1) is 25.1. The molecule has 3 heterocycles. The second-order valence-corrected chi connectivity index (χ2v) is 12.6. The zero-order valence-electron chi connectivity index (χ0n) is 28.7. The van der Waals surface area contributed by atoms with E-state index in [4.69, 9.17) is 14.2 Å². The largest absolute Gasteiger partial charge is 0.490 e. The summed E-state index contributed by atoms with van der Waals surface area (Å²) < 4.78 is 58.9. The lowest BCUT2D eigenvalue weighted by molar-refractivity contribution is -0.137. The minimum atomic E-state index is -4.47. The van der Waals surface area contributed by atoms with Crippen molar-refractivity contribution in [3.63, 3.8) is 0 Å². The molecule has 1 aromatic heterocycles. The number of hydrogen-bond acceptors (Lipinski definition) is 7. The summed E-state index contributed by atoms with van der Waals surface area (Å²) in [4.78, 5) is 37.3. The molecule has 2 saturated heterocycles. The Morgan fingerprint density at radius 3 is 2.12 bits per heavy atom. The third kappa shape index (κ3) is 8.62. The number of ether oxygens (including phenoxy) is 3. The highest BCUT2D eigenvalue weighted by molar-refractivity contribution is 5.93. The van der Waals surface area contributed by atoms with Gasteiger partial charge in [0.25, 0.3) is 0 Å². The van der Waals surface area contributed by atoms with Gasteiger partial charge in [-0.3, -0.25) is 9.59 Å². The van der Waals surface area contributed by atoms with Gasteiger partial charge in [-0.1, -0.05) is 43.0 Å². The van der Waals surface area contributed by atoms with Gasteiger partial charge in [0, 0.05) is 64.1 Å². The molecule has 0 bridgehead atoms. The molecule has 0 aliphatic carbocycles. The van der Waals surface area contributed by atoms with Crippen molar-refractivity contribution in [2.75, 3.05) is 33.3 Å². The topological polar surface area (TPSA) is 94.1 Å². The van der Waals surface area contributed by atoms with Gasteiger partial charge in [0.05, 0.1) is 18.2 Å². The number of rotatable bonds is 10. The van der Waals surface area contributed by atoms with Crippen LogP contribution in [0.25, 0.3) is 28.3 Å². The molecule has 2 aliphatic heterocycles. The van der Waals surface area contributed by atoms with Gasteiger partial charge in [0.1, 0.15) is 30.0 Å². The van der Waals surface area contributed by atoms with E-state index in [0.717, 1.165) is 17.2 Å². The third-order valence-electron chi connectivity index (χ3n) is 9.25. The van der Waals surface area contributed by atoms with E-state index >= 15 is 0 Å². The maximum absolute atomic E-state index is 13.6. The van der Waals surface area contributed by atoms with Crippen molar-refractivity contribution in [2.24, 2.45) is 0 Å². The Balaban J connectivity index is 1.10. The number of likely N-dealkylation sites (tertiary alicyclic amines) is 2. The first-order valence-electron chi connectivity index (χ1n) is 17.1. The van der Waals surface area contributed by atoms with Crippen molar-refractivity contribution in [1.82, 2.24) is 19.8 Å². The van der Waals surface area contributed by atoms with Crippen LogP contribution in [0.1, 0.15) is 36.8 Å². The number of piperidine rings is 2. The van der Waals surface area contributed by atoms with Crippen molar-refractivity contribution in [3.05, 3.63) is 109 Å². The summed E-state index contributed by atoms with van der Waals surface area (Å²) in [5.74, 6) is 1.25. The molecular weight excluding hydrogens is 673 g/mol. The number of carbonyl (C=O) groups excluding carboxylic acids is 2. The molecule has 0 saturated carbocycles. The number of hydrogen-bond donors (Lipinski definition) is 0. The molecule has 270 valence electrons. The molecule has 12 heteroatoms. The second-order valence-electron chi connectivity index (χ2n) is 12.6. The highest BCUT2D eigenvalue weighted by Gasteiger charge is 2.33. The van der Waals surface area contributed by atoms with Gasteiger partial charge in [-0.05, 0) is 64.7 Å². The lowest BCUT2D eigenvalue weighted by Crippen LogP contribution is -2.41. The van der Waals surface area contributed by atoms with Crippen LogP contribution in [0.4, 0.5) is 13.2 Å². The van der Waals surface area contributed by atoms with Crippen molar-refractivity contribution >= 4 is 17.9 Å². The number of methoxy groups -OCH3 is 1. The summed E-state index contributed by atoms with van der Waals surface area (Å²) in [5, 5.41) is 0. The molecule has 2 amide bonds. The van der Waals surface area contributed by atoms with Gasteiger partial charge >= 0.3 is 6.18 Å². The van der Waals surface area contributed by atoms with Crippen LogP contribution in [-0.2, 0) is 15.8 Å². The fourth-order valence-corrected chi connectivity index (χ4v) is 6.54. The standard InChI is InChI=1S/C40H39F3N4O5/c1-3-37(48)46-19-15-30(16-20-46)52-32-13-11-27(34(24-32)35-25-44-26-45-39(35)50-2)12-14-38(49)47-21-17-29(18-22-47)51-31-8-6-7-28(23-31)33-9-4-5-10-36(33)40(41,42)43/h3-14,23-26,29-30H,1,15-22H2,2H3/b14-12+. The van der Waals surface area contributed by atoms with E-state index < -0.39 is 11.7 Å². The molecule has 52 heavy (non-hydrogen) atoms. The molecule has 9 nitrogen and oxygen atoms in total. The second kappa shape index (κ2) is 16.1. The zero-order valence-corrected chi connectivity index (χ0v) is 28.7. The minimum Gasteiger partial charge on any atom is -0.490 e. The summed E-state index contributed by atoms with van der Waals surface area (Å²) in [6, 6.07) is 17.8. The van der Waals surface area contributed by atoms with E-state index in [0.29, 0.717) is 80.4 Å². The van der Waals surface area contributed by atoms with E-state index in [1.54, 1.807) is 52.4 Å². The Kier molecular flexibility index (Phi) is 11.2. The van der Waals surface area contributed by atoms with E-state index in [1.165, 1.54) is 37.7 Å². The Bertz CT molecular complexity index is 1930. The highest BCUT2D eigenvalue weighted by Crippen LogP contribution is 2.38. The third-order valence-corrected chi connectivity index (χ3v) is 9.25. The quantitative estimate of drug-likeness (QED) is 0.158. The van der Waals surface area contributed by atoms with E-state index in [1.807, 2.05) is 18.2 Å². The molecule has 0 N–H and O–H groups in total. The molecule has 0 spiro atoms. The van der Waals surface area contributed by atoms with Gasteiger partial charge in [0.2, 0.25) is 17.7 Å². The summed E-state index contributed by atoms with van der Waals surface area (Å²) in [6.45, 7) is 5.66. The Labute approximate surface area is 300 Å². The lowest BCUT2D eigenvalue weighted by atomic mass is 9.99. The molecule has 4 aromatic rings. The SMILES string of the molecule is C=CC(=O)N1CCC(Oc2ccc(/C=C/C(=O)N3CCC(Oc4cccc(-c5ccccc5C(F)(F)F)c4)CC3)c(-c3cncnc3OC)c2)CC1. The number of alkyl halides is 3. The van der Waals surface area contributed by atoms with Crippen LogP contribution in [0.2, 0.25) is 0 Å². The molecule has 0 radical (unpaired) electrons. The predicted molar refractivity (Wildman–Crippen MR) is 191 cm³/mol. The maximum Gasteiger partial charge on any atom is 0.417 e.